The lowest BCUT2D eigenvalue weighted by Gasteiger charge is -2.43. The van der Waals surface area contributed by atoms with Crippen LogP contribution in [0.2, 0.25) is 0 Å². The van der Waals surface area contributed by atoms with Gasteiger partial charge >= 0.3 is 12.3 Å². The summed E-state index contributed by atoms with van der Waals surface area (Å²) in [5.41, 5.74) is -2.36. The number of carbonyl (C=O) groups is 1. The highest BCUT2D eigenvalue weighted by Gasteiger charge is 2.64. The van der Waals surface area contributed by atoms with Crippen LogP contribution in [0.3, 0.4) is 0 Å². The van der Waals surface area contributed by atoms with Gasteiger partial charge in [0.15, 0.2) is 0 Å². The van der Waals surface area contributed by atoms with Crippen molar-refractivity contribution in [3.8, 4) is 0 Å². The predicted molar refractivity (Wildman–Crippen MR) is 75.9 cm³/mol. The van der Waals surface area contributed by atoms with E-state index in [2.05, 4.69) is 5.32 Å². The molecule has 1 amide bonds. The molecule has 0 saturated heterocycles. The summed E-state index contributed by atoms with van der Waals surface area (Å²) in [4.78, 5) is 11.1. The van der Waals surface area contributed by atoms with Crippen LogP contribution in [0.25, 0.3) is 0 Å². The van der Waals surface area contributed by atoms with Gasteiger partial charge in [0.1, 0.15) is 6.10 Å². The molecule has 0 bridgehead atoms. The fourth-order valence-electron chi connectivity index (χ4n) is 3.19. The molecule has 23 heavy (non-hydrogen) atoms. The van der Waals surface area contributed by atoms with Crippen LogP contribution in [-0.2, 0) is 15.8 Å². The Labute approximate surface area is 131 Å². The zero-order chi connectivity index (χ0) is 16.9. The molecule has 7 heteroatoms. The second-order valence-electron chi connectivity index (χ2n) is 6.38. The molecule has 3 rings (SSSR count). The summed E-state index contributed by atoms with van der Waals surface area (Å²) in [7, 11) is 1.43. The van der Waals surface area contributed by atoms with Crippen LogP contribution < -0.4 is 5.32 Å². The summed E-state index contributed by atoms with van der Waals surface area (Å²) in [5, 5.41) is 12.9. The highest BCUT2D eigenvalue weighted by Crippen LogP contribution is 2.59. The molecular formula is C16H18F3NO3. The van der Waals surface area contributed by atoms with E-state index >= 15 is 0 Å². The molecule has 2 saturated carbocycles. The highest BCUT2D eigenvalue weighted by atomic mass is 19.4. The Morgan fingerprint density at radius 3 is 2.43 bits per heavy atom. The first-order valence-electron chi connectivity index (χ1n) is 7.49. The molecule has 126 valence electrons. The number of nitrogens with one attached hydrogen (secondary N) is 1. The standard InChI is InChI=1S/C16H18F3NO3/c1-20-13(21)23-12-8-15(22,9-12)11-4-2-3-10(7-11)14(5-6-14)16(17,18)19/h2-4,7,12,22H,5-6,8-9H2,1H3,(H,20,21). The van der Waals surface area contributed by atoms with E-state index in [1.165, 1.54) is 19.2 Å². The number of benzene rings is 1. The average Bonchev–Trinajstić information content (AvgIpc) is 3.26. The van der Waals surface area contributed by atoms with Crippen LogP contribution in [0.4, 0.5) is 18.0 Å². The summed E-state index contributed by atoms with van der Waals surface area (Å²) >= 11 is 0. The third kappa shape index (κ3) is 2.67. The second-order valence-corrected chi connectivity index (χ2v) is 6.38. The number of halogens is 3. The number of alkyl carbamates (subject to hydrolysis) is 1. The third-order valence-electron chi connectivity index (χ3n) is 4.85. The van der Waals surface area contributed by atoms with Crippen molar-refractivity contribution < 1.29 is 27.8 Å². The molecule has 0 atom stereocenters. The molecule has 2 aliphatic rings. The lowest BCUT2D eigenvalue weighted by atomic mass is 9.72. The van der Waals surface area contributed by atoms with Crippen molar-refractivity contribution in [2.75, 3.05) is 7.05 Å². The second kappa shape index (κ2) is 5.12. The van der Waals surface area contributed by atoms with Crippen LogP contribution in [0.15, 0.2) is 24.3 Å². The summed E-state index contributed by atoms with van der Waals surface area (Å²) in [5.74, 6) is 0. The maximum atomic E-state index is 13.2. The number of aliphatic hydroxyl groups is 1. The first-order valence-corrected chi connectivity index (χ1v) is 7.49. The van der Waals surface area contributed by atoms with E-state index < -0.39 is 29.4 Å². The van der Waals surface area contributed by atoms with Gasteiger partial charge in [-0.25, -0.2) is 4.79 Å². The van der Waals surface area contributed by atoms with Crippen LogP contribution >= 0.6 is 0 Å². The normalized spacial score (nSPS) is 28.7. The van der Waals surface area contributed by atoms with Gasteiger partial charge in [0.2, 0.25) is 0 Å². The van der Waals surface area contributed by atoms with Crippen molar-refractivity contribution in [1.29, 1.82) is 0 Å². The minimum atomic E-state index is -4.28. The topological polar surface area (TPSA) is 58.6 Å². The van der Waals surface area contributed by atoms with Gasteiger partial charge in [-0.2, -0.15) is 13.2 Å². The first kappa shape index (κ1) is 16.1. The molecule has 1 aromatic carbocycles. The fraction of sp³-hybridized carbons (Fsp3) is 0.562. The third-order valence-corrected chi connectivity index (χ3v) is 4.85. The molecule has 4 nitrogen and oxygen atoms in total. The number of alkyl halides is 3. The number of amides is 1. The summed E-state index contributed by atoms with van der Waals surface area (Å²) < 4.78 is 44.7. The predicted octanol–water partition coefficient (Wildman–Crippen LogP) is 2.99. The Morgan fingerprint density at radius 2 is 1.91 bits per heavy atom. The van der Waals surface area contributed by atoms with Crippen molar-refractivity contribution >= 4 is 6.09 Å². The van der Waals surface area contributed by atoms with Gasteiger partial charge in [-0.15, -0.1) is 0 Å². The largest absolute Gasteiger partial charge is 0.446 e. The van der Waals surface area contributed by atoms with E-state index in [9.17, 15) is 23.1 Å². The van der Waals surface area contributed by atoms with Crippen LogP contribution in [-0.4, -0.2) is 30.5 Å². The highest BCUT2D eigenvalue weighted by molar-refractivity contribution is 5.67. The minimum absolute atomic E-state index is 0.0841. The number of hydrogen-bond donors (Lipinski definition) is 2. The molecule has 0 aliphatic heterocycles. The van der Waals surface area contributed by atoms with Crippen LogP contribution in [0.5, 0.6) is 0 Å². The fourth-order valence-corrected chi connectivity index (χ4v) is 3.19. The van der Waals surface area contributed by atoms with Gasteiger partial charge in [0.25, 0.3) is 0 Å². The number of hydrogen-bond acceptors (Lipinski definition) is 3. The molecule has 0 heterocycles. The molecular weight excluding hydrogens is 311 g/mol. The SMILES string of the molecule is CNC(=O)OC1CC(O)(c2cccc(C3(C(F)(F)F)CC3)c2)C1. The van der Waals surface area contributed by atoms with Crippen molar-refractivity contribution in [1.82, 2.24) is 5.32 Å². The molecule has 0 spiro atoms. The van der Waals surface area contributed by atoms with Crippen molar-refractivity contribution in [3.05, 3.63) is 35.4 Å². The van der Waals surface area contributed by atoms with Gasteiger partial charge in [0, 0.05) is 19.9 Å². The average molecular weight is 329 g/mol. The maximum absolute atomic E-state index is 13.2. The first-order chi connectivity index (χ1) is 10.7. The molecule has 2 aliphatic carbocycles. The summed E-state index contributed by atoms with van der Waals surface area (Å²) in [6.45, 7) is 0. The van der Waals surface area contributed by atoms with E-state index in [0.29, 0.717) is 5.56 Å². The zero-order valence-electron chi connectivity index (χ0n) is 12.6. The van der Waals surface area contributed by atoms with E-state index in [-0.39, 0.29) is 31.2 Å². The van der Waals surface area contributed by atoms with Gasteiger partial charge < -0.3 is 15.2 Å². The van der Waals surface area contributed by atoms with Crippen molar-refractivity contribution in [2.24, 2.45) is 0 Å². The smallest absolute Gasteiger partial charge is 0.407 e. The Hall–Kier alpha value is -1.76. The maximum Gasteiger partial charge on any atom is 0.407 e. The van der Waals surface area contributed by atoms with E-state index in [0.717, 1.165) is 0 Å². The van der Waals surface area contributed by atoms with Gasteiger partial charge in [-0.05, 0) is 24.0 Å². The molecule has 0 aromatic heterocycles. The Morgan fingerprint density at radius 1 is 1.30 bits per heavy atom. The number of ether oxygens (including phenoxy) is 1. The van der Waals surface area contributed by atoms with Gasteiger partial charge in [-0.1, -0.05) is 24.3 Å². The molecule has 2 fully saturated rings. The Kier molecular flexibility index (Phi) is 3.59. The molecule has 0 unspecified atom stereocenters. The minimum Gasteiger partial charge on any atom is -0.446 e. The zero-order valence-corrected chi connectivity index (χ0v) is 12.6. The lowest BCUT2D eigenvalue weighted by molar-refractivity contribution is -0.160. The van der Waals surface area contributed by atoms with Crippen LogP contribution in [0, 0.1) is 0 Å². The summed E-state index contributed by atoms with van der Waals surface area (Å²) in [6.07, 6.45) is -4.76. The monoisotopic (exact) mass is 329 g/mol. The quantitative estimate of drug-likeness (QED) is 0.896. The van der Waals surface area contributed by atoms with E-state index in [1.54, 1.807) is 12.1 Å². The van der Waals surface area contributed by atoms with E-state index in [1.807, 2.05) is 0 Å². The van der Waals surface area contributed by atoms with Crippen molar-refractivity contribution in [3.63, 3.8) is 0 Å². The Balaban J connectivity index is 1.76. The molecule has 1 aromatic rings. The molecule has 0 radical (unpaired) electrons. The number of carbonyl (C=O) groups excluding carboxylic acids is 1. The van der Waals surface area contributed by atoms with Gasteiger partial charge in [0.05, 0.1) is 11.0 Å². The lowest BCUT2D eigenvalue weighted by Crippen LogP contribution is -2.47. The van der Waals surface area contributed by atoms with E-state index in [4.69, 9.17) is 4.74 Å². The van der Waals surface area contributed by atoms with Crippen molar-refractivity contribution in [2.45, 2.75) is 49.0 Å². The summed E-state index contributed by atoms with van der Waals surface area (Å²) in [6, 6.07) is 6.06. The molecule has 2 N–H and O–H groups in total. The Bertz CT molecular complexity index is 619. The van der Waals surface area contributed by atoms with Crippen LogP contribution in [0.1, 0.15) is 36.8 Å². The van der Waals surface area contributed by atoms with Gasteiger partial charge in [-0.3, -0.25) is 0 Å². The number of rotatable bonds is 3.